The molecule has 4 rings (SSSR count). The molecule has 1 aliphatic heterocycles. The number of allylic oxidation sites excluding steroid dienone is 1. The normalized spacial score (nSPS) is 21.9. The third kappa shape index (κ3) is 6.33. The van der Waals surface area contributed by atoms with Crippen LogP contribution >= 0.6 is 0 Å². The predicted molar refractivity (Wildman–Crippen MR) is 154 cm³/mol. The summed E-state index contributed by atoms with van der Waals surface area (Å²) in [6.07, 6.45) is 7.72. The molecule has 2 aromatic carbocycles. The molecule has 2 aliphatic rings. The number of aliphatic hydroxyl groups is 1. The van der Waals surface area contributed by atoms with Gasteiger partial charge in [0.1, 0.15) is 5.82 Å². The summed E-state index contributed by atoms with van der Waals surface area (Å²) >= 11 is 0. The van der Waals surface area contributed by atoms with E-state index in [1.54, 1.807) is 37.8 Å². The molecule has 0 saturated carbocycles. The van der Waals surface area contributed by atoms with Crippen LogP contribution in [0.5, 0.6) is 0 Å². The number of hydrogen-bond donors (Lipinski definition) is 2. The third-order valence-electron chi connectivity index (χ3n) is 7.99. The van der Waals surface area contributed by atoms with Crippen LogP contribution in [0, 0.1) is 24.6 Å². The van der Waals surface area contributed by atoms with Gasteiger partial charge in [-0.05, 0) is 80.3 Å². The Labute approximate surface area is 231 Å². The van der Waals surface area contributed by atoms with Crippen molar-refractivity contribution in [2.24, 2.45) is 11.8 Å². The molecule has 2 aromatic rings. The lowest BCUT2D eigenvalue weighted by atomic mass is 9.76. The van der Waals surface area contributed by atoms with E-state index in [1.807, 2.05) is 36.4 Å². The fraction of sp³-hybridized carbons (Fsp3) is 0.455. The van der Waals surface area contributed by atoms with Gasteiger partial charge in [0.05, 0.1) is 23.1 Å². The zero-order chi connectivity index (χ0) is 28.5. The summed E-state index contributed by atoms with van der Waals surface area (Å²) in [4.78, 5) is 29.4. The number of carbonyl (C=O) groups is 2. The molecule has 208 valence electrons. The standard InChI is InChI=1S/C33H41FN2O3/c1-21-10-7-14-27(34)28(21)31(38)36-19-9-13-26(29(36)22-15-17-23(18-16-22)33(5,6)39)30(37)35-25-12-8-11-24(20-25)32(2,3)4/h7-8,10-12,14-15,17-18,20,22,26,29,39H,9,13,16,19H2,1-6H3,(H,35,37)/t22?,26?,29-/m0/s1. The molecule has 5 nitrogen and oxygen atoms in total. The first-order chi connectivity index (χ1) is 18.3. The van der Waals surface area contributed by atoms with E-state index in [9.17, 15) is 19.1 Å². The number of anilines is 1. The molecule has 3 atom stereocenters. The topological polar surface area (TPSA) is 69.6 Å². The quantitative estimate of drug-likeness (QED) is 0.458. The summed E-state index contributed by atoms with van der Waals surface area (Å²) < 4.78 is 14.9. The van der Waals surface area contributed by atoms with Crippen molar-refractivity contribution in [3.05, 3.63) is 88.8 Å². The lowest BCUT2D eigenvalue weighted by Gasteiger charge is -2.45. The van der Waals surface area contributed by atoms with E-state index in [0.29, 0.717) is 31.4 Å². The number of carbonyl (C=O) groups excluding carboxylic acids is 2. The number of aryl methyl sites for hydroxylation is 1. The van der Waals surface area contributed by atoms with Gasteiger partial charge in [-0.25, -0.2) is 4.39 Å². The van der Waals surface area contributed by atoms with E-state index in [4.69, 9.17) is 0 Å². The minimum absolute atomic E-state index is 0.0631. The van der Waals surface area contributed by atoms with Crippen LogP contribution in [0.1, 0.15) is 75.4 Å². The Balaban J connectivity index is 1.68. The molecule has 1 fully saturated rings. The lowest BCUT2D eigenvalue weighted by Crippen LogP contribution is -2.55. The second-order valence-corrected chi connectivity index (χ2v) is 12.5. The number of benzene rings is 2. The highest BCUT2D eigenvalue weighted by Crippen LogP contribution is 2.37. The van der Waals surface area contributed by atoms with Crippen molar-refractivity contribution in [3.8, 4) is 0 Å². The van der Waals surface area contributed by atoms with Crippen molar-refractivity contribution in [1.82, 2.24) is 4.90 Å². The van der Waals surface area contributed by atoms with E-state index < -0.39 is 23.4 Å². The maximum Gasteiger partial charge on any atom is 0.257 e. The highest BCUT2D eigenvalue weighted by Gasteiger charge is 2.43. The van der Waals surface area contributed by atoms with Crippen molar-refractivity contribution in [2.45, 2.75) is 77.9 Å². The van der Waals surface area contributed by atoms with Crippen molar-refractivity contribution in [3.63, 3.8) is 0 Å². The molecule has 2 amide bonds. The van der Waals surface area contributed by atoms with Crippen molar-refractivity contribution >= 4 is 17.5 Å². The molecule has 0 radical (unpaired) electrons. The highest BCUT2D eigenvalue weighted by atomic mass is 19.1. The van der Waals surface area contributed by atoms with Crippen LogP contribution < -0.4 is 5.32 Å². The Hall–Kier alpha value is -3.25. The van der Waals surface area contributed by atoms with E-state index in [-0.39, 0.29) is 28.7 Å². The fourth-order valence-corrected chi connectivity index (χ4v) is 5.76. The van der Waals surface area contributed by atoms with Crippen LogP contribution in [0.15, 0.2) is 66.3 Å². The molecule has 2 unspecified atom stereocenters. The molecule has 39 heavy (non-hydrogen) atoms. The summed E-state index contributed by atoms with van der Waals surface area (Å²) in [6.45, 7) is 12.1. The number of likely N-dealkylation sites (tertiary alicyclic amines) is 1. The minimum Gasteiger partial charge on any atom is -0.386 e. The third-order valence-corrected chi connectivity index (χ3v) is 7.99. The number of piperidine rings is 1. The largest absolute Gasteiger partial charge is 0.386 e. The molecule has 0 aromatic heterocycles. The molecule has 1 aliphatic carbocycles. The van der Waals surface area contributed by atoms with Gasteiger partial charge < -0.3 is 15.3 Å². The molecule has 0 spiro atoms. The van der Waals surface area contributed by atoms with Crippen LogP contribution in [-0.2, 0) is 10.2 Å². The molecular weight excluding hydrogens is 491 g/mol. The predicted octanol–water partition coefficient (Wildman–Crippen LogP) is 6.56. The van der Waals surface area contributed by atoms with Gasteiger partial charge in [-0.1, -0.05) is 63.3 Å². The molecule has 1 saturated heterocycles. The summed E-state index contributed by atoms with van der Waals surface area (Å²) in [6, 6.07) is 12.1. The number of amides is 2. The van der Waals surface area contributed by atoms with Gasteiger partial charge in [-0.3, -0.25) is 9.59 Å². The number of nitrogens with one attached hydrogen (secondary N) is 1. The number of nitrogens with zero attached hydrogens (tertiary/aromatic N) is 1. The molecule has 2 N–H and O–H groups in total. The smallest absolute Gasteiger partial charge is 0.257 e. The lowest BCUT2D eigenvalue weighted by molar-refractivity contribution is -0.123. The first kappa shape index (κ1) is 28.8. The van der Waals surface area contributed by atoms with Crippen molar-refractivity contribution in [1.29, 1.82) is 0 Å². The Kier molecular flexibility index (Phi) is 8.17. The van der Waals surface area contributed by atoms with Crippen LogP contribution in [0.2, 0.25) is 0 Å². The number of hydrogen-bond acceptors (Lipinski definition) is 3. The van der Waals surface area contributed by atoms with E-state index in [0.717, 1.165) is 16.8 Å². The number of halogens is 1. The zero-order valence-corrected chi connectivity index (χ0v) is 23.9. The maximum atomic E-state index is 14.9. The number of rotatable bonds is 5. The second-order valence-electron chi connectivity index (χ2n) is 12.5. The Morgan fingerprint density at radius 3 is 2.41 bits per heavy atom. The average molecular weight is 533 g/mol. The van der Waals surface area contributed by atoms with Crippen LogP contribution in [0.25, 0.3) is 0 Å². The van der Waals surface area contributed by atoms with Gasteiger partial charge in [0.2, 0.25) is 5.91 Å². The van der Waals surface area contributed by atoms with Crippen molar-refractivity contribution in [2.75, 3.05) is 11.9 Å². The van der Waals surface area contributed by atoms with Gasteiger partial charge in [0.15, 0.2) is 0 Å². The highest BCUT2D eigenvalue weighted by molar-refractivity contribution is 5.98. The van der Waals surface area contributed by atoms with Gasteiger partial charge in [0, 0.05) is 18.2 Å². The van der Waals surface area contributed by atoms with Gasteiger partial charge in [0.25, 0.3) is 5.91 Å². The minimum atomic E-state index is -0.983. The average Bonchev–Trinajstić information content (AvgIpc) is 2.87. The molecular formula is C33H41FN2O3. The Morgan fingerprint density at radius 1 is 1.08 bits per heavy atom. The van der Waals surface area contributed by atoms with Gasteiger partial charge >= 0.3 is 0 Å². The van der Waals surface area contributed by atoms with E-state index in [2.05, 4.69) is 32.2 Å². The monoisotopic (exact) mass is 532 g/mol. The summed E-state index contributed by atoms with van der Waals surface area (Å²) in [5, 5.41) is 13.6. The molecule has 0 bridgehead atoms. The SMILES string of the molecule is Cc1cccc(F)c1C(=O)N1CCCC(C(=O)Nc2cccc(C(C)(C)C)c2)[C@@H]1C1C=CC(C(C)(C)O)=CC1. The first-order valence-electron chi connectivity index (χ1n) is 13.9. The first-order valence-corrected chi connectivity index (χ1v) is 13.9. The Bertz CT molecular complexity index is 1280. The summed E-state index contributed by atoms with van der Waals surface area (Å²) in [5.74, 6) is -1.69. The maximum absolute atomic E-state index is 14.9. The fourth-order valence-electron chi connectivity index (χ4n) is 5.76. The summed E-state index contributed by atoms with van der Waals surface area (Å²) in [7, 11) is 0. The van der Waals surface area contributed by atoms with Crippen LogP contribution in [0.4, 0.5) is 10.1 Å². The second kappa shape index (κ2) is 11.1. The zero-order valence-electron chi connectivity index (χ0n) is 23.9. The van der Waals surface area contributed by atoms with Crippen LogP contribution in [-0.4, -0.2) is 40.0 Å². The van der Waals surface area contributed by atoms with E-state index >= 15 is 0 Å². The molecule has 6 heteroatoms. The van der Waals surface area contributed by atoms with Gasteiger partial charge in [-0.2, -0.15) is 0 Å². The van der Waals surface area contributed by atoms with Gasteiger partial charge in [-0.15, -0.1) is 0 Å². The summed E-state index contributed by atoms with van der Waals surface area (Å²) in [5.41, 5.74) is 2.24. The molecule has 1 heterocycles. The van der Waals surface area contributed by atoms with E-state index in [1.165, 1.54) is 6.07 Å². The Morgan fingerprint density at radius 2 is 1.79 bits per heavy atom. The van der Waals surface area contributed by atoms with Crippen molar-refractivity contribution < 1.29 is 19.1 Å². The van der Waals surface area contributed by atoms with Crippen LogP contribution in [0.3, 0.4) is 0 Å².